The molecule has 7 fully saturated rings. The molecule has 6 aliphatic carbocycles. The van der Waals surface area contributed by atoms with E-state index in [1.165, 1.54) is 5.57 Å². The number of aliphatic hydroxyl groups excluding tert-OH is 7. The summed E-state index contributed by atoms with van der Waals surface area (Å²) < 4.78 is 12.5. The van der Waals surface area contributed by atoms with Crippen LogP contribution < -0.4 is 11.1 Å². The maximum atomic E-state index is 14.1. The van der Waals surface area contributed by atoms with Crippen molar-refractivity contribution in [3.05, 3.63) is 29.9 Å². The van der Waals surface area contributed by atoms with Crippen molar-refractivity contribution >= 4 is 11.9 Å². The number of nitrogens with zero attached hydrogens (tertiary/aromatic N) is 1. The number of ether oxygens (including phenoxy) is 2. The average Bonchev–Trinajstić information content (AvgIpc) is 3.93. The second kappa shape index (κ2) is 18.2. The molecule has 8 aliphatic rings. The van der Waals surface area contributed by atoms with Crippen molar-refractivity contribution in [1.29, 1.82) is 0 Å². The number of fused-ring (bicyclic) bond motifs is 8. The van der Waals surface area contributed by atoms with Gasteiger partial charge in [0.15, 0.2) is 6.29 Å². The molecule has 22 unspecified atom stereocenters. The summed E-state index contributed by atoms with van der Waals surface area (Å²) in [5.41, 5.74) is 3.95. The summed E-state index contributed by atoms with van der Waals surface area (Å²) in [6.07, 6.45) is 5.41. The normalized spacial score (nSPS) is 50.2. The number of carbonyl (C=O) groups excluding carboxylic acids is 1. The monoisotopic (exact) mass is 955 g/mol. The van der Waals surface area contributed by atoms with Crippen LogP contribution in [0, 0.1) is 79.8 Å². The van der Waals surface area contributed by atoms with Crippen LogP contribution >= 0.6 is 0 Å². The topological polar surface area (TPSA) is 281 Å². The largest absolute Gasteiger partial charge is 0.481 e. The van der Waals surface area contributed by atoms with Crippen LogP contribution in [0.25, 0.3) is 0 Å². The molecule has 22 atom stereocenters. The minimum absolute atomic E-state index is 0.0158. The maximum Gasteiger partial charge on any atom is 0.310 e. The predicted molar refractivity (Wildman–Crippen MR) is 249 cm³/mol. The summed E-state index contributed by atoms with van der Waals surface area (Å²) >= 11 is 0. The zero-order valence-electron chi connectivity index (χ0n) is 40.9. The third-order valence-electron chi connectivity index (χ3n) is 21.7. The summed E-state index contributed by atoms with van der Waals surface area (Å²) in [5, 5.41) is 93.9. The number of carboxylic acids is 1. The number of carbonyl (C=O) groups is 2. The highest BCUT2D eigenvalue weighted by Gasteiger charge is 2.76. The lowest BCUT2D eigenvalue weighted by Gasteiger charge is -2.75. The molecule has 0 spiro atoms. The van der Waals surface area contributed by atoms with Crippen molar-refractivity contribution in [1.82, 2.24) is 15.3 Å². The first-order valence-electron chi connectivity index (χ1n) is 26.0. The van der Waals surface area contributed by atoms with Crippen molar-refractivity contribution in [3.8, 4) is 0 Å². The smallest absolute Gasteiger partial charge is 0.310 e. The molecule has 1 aromatic heterocycles. The molecule has 0 radical (unpaired) electrons. The van der Waals surface area contributed by atoms with Gasteiger partial charge in [0.25, 0.3) is 0 Å². The maximum absolute atomic E-state index is 14.1. The molecule has 16 nitrogen and oxygen atoms in total. The van der Waals surface area contributed by atoms with E-state index in [0.29, 0.717) is 64.3 Å². The number of aromatic nitrogens is 2. The number of hydrogen-bond acceptors (Lipinski definition) is 13. The molecule has 2 aliphatic heterocycles. The van der Waals surface area contributed by atoms with Crippen LogP contribution in [0.15, 0.2) is 24.2 Å². The molecule has 1 aromatic rings. The summed E-state index contributed by atoms with van der Waals surface area (Å²) in [5.74, 6) is -2.43. The highest BCUT2D eigenvalue weighted by molar-refractivity contribution is 5.79. The number of nitrogens with two attached hydrogens (primary N) is 1. The fourth-order valence-corrected chi connectivity index (χ4v) is 18.2. The van der Waals surface area contributed by atoms with Gasteiger partial charge in [0.05, 0.1) is 37.2 Å². The number of amides is 1. The van der Waals surface area contributed by atoms with Gasteiger partial charge < -0.3 is 66.4 Å². The number of rotatable bonds is 14. The van der Waals surface area contributed by atoms with Gasteiger partial charge in [-0.05, 0) is 153 Å². The van der Waals surface area contributed by atoms with Gasteiger partial charge >= 0.3 is 5.97 Å². The van der Waals surface area contributed by atoms with Gasteiger partial charge in [-0.3, -0.25) is 9.59 Å². The van der Waals surface area contributed by atoms with Gasteiger partial charge in [0.1, 0.15) is 18.3 Å². The first kappa shape index (κ1) is 50.4. The van der Waals surface area contributed by atoms with E-state index in [4.69, 9.17) is 15.2 Å². The number of aromatic amines is 1. The lowest BCUT2D eigenvalue weighted by atomic mass is 9.30. The van der Waals surface area contributed by atoms with Crippen LogP contribution in [0.5, 0.6) is 0 Å². The van der Waals surface area contributed by atoms with E-state index >= 15 is 0 Å². The molecule has 3 heterocycles. The fourth-order valence-electron chi connectivity index (χ4n) is 18.2. The lowest BCUT2D eigenvalue weighted by Crippen LogP contribution is -2.73. The molecular formula is C52H82N4O12. The SMILES string of the molecule is CC1(CO)CC2CC(CCO)CC3CC2(C(=O)O)C(C1)C1=CCC2C4(C)C(CC5CC(=O)NC5C(CCCN)c5cnc[nH]5)C(O)C(OC5OCC(O)C(O)C5O)C(C)(CO)C4CCC2(C)C13C. The molecule has 16 heteroatoms. The quantitative estimate of drug-likeness (QED) is 0.0944. The van der Waals surface area contributed by atoms with E-state index in [9.17, 15) is 50.4 Å². The number of nitrogens with one attached hydrogen (secondary N) is 2. The van der Waals surface area contributed by atoms with Crippen LogP contribution in [0.2, 0.25) is 0 Å². The van der Waals surface area contributed by atoms with E-state index < -0.39 is 81.2 Å². The predicted octanol–water partition coefficient (Wildman–Crippen LogP) is 3.22. The highest BCUT2D eigenvalue weighted by atomic mass is 16.7. The second-order valence-electron chi connectivity index (χ2n) is 24.7. The molecule has 5 saturated carbocycles. The van der Waals surface area contributed by atoms with Crippen LogP contribution in [0.3, 0.4) is 0 Å². The summed E-state index contributed by atoms with van der Waals surface area (Å²) in [6, 6.07) is -0.309. The molecule has 2 bridgehead atoms. The molecule has 1 amide bonds. The van der Waals surface area contributed by atoms with E-state index in [-0.39, 0.29) is 92.1 Å². The first-order valence-corrected chi connectivity index (χ1v) is 26.0. The van der Waals surface area contributed by atoms with E-state index in [2.05, 4.69) is 49.1 Å². The Balaban J connectivity index is 1.19. The Morgan fingerprint density at radius 2 is 1.74 bits per heavy atom. The number of H-pyrrole nitrogens is 1. The van der Waals surface area contributed by atoms with Crippen LogP contribution in [-0.2, 0) is 19.1 Å². The highest BCUT2D eigenvalue weighted by Crippen LogP contribution is 2.80. The fraction of sp³-hybridized carbons (Fsp3) is 0.865. The first-order chi connectivity index (χ1) is 32.2. The molecule has 9 rings (SSSR count). The Labute approximate surface area is 401 Å². The third-order valence-corrected chi connectivity index (χ3v) is 21.7. The van der Waals surface area contributed by atoms with Crippen molar-refractivity contribution in [2.75, 3.05) is 33.0 Å². The lowest BCUT2D eigenvalue weighted by molar-refractivity contribution is -0.341. The van der Waals surface area contributed by atoms with E-state index in [1.54, 1.807) is 12.5 Å². The number of carboxylic acid groups (broad SMARTS) is 1. The minimum Gasteiger partial charge on any atom is -0.481 e. The van der Waals surface area contributed by atoms with Crippen molar-refractivity contribution in [2.45, 2.75) is 167 Å². The molecule has 382 valence electrons. The molecule has 12 N–H and O–H groups in total. The number of hydrogen-bond donors (Lipinski definition) is 11. The van der Waals surface area contributed by atoms with Gasteiger partial charge in [0.2, 0.25) is 5.91 Å². The Kier molecular flexibility index (Phi) is 13.5. The third kappa shape index (κ3) is 7.36. The average molecular weight is 955 g/mol. The van der Waals surface area contributed by atoms with Gasteiger partial charge in [-0.25, -0.2) is 4.98 Å². The summed E-state index contributed by atoms with van der Waals surface area (Å²) in [4.78, 5) is 35.5. The van der Waals surface area contributed by atoms with Crippen molar-refractivity contribution < 1.29 is 59.9 Å². The van der Waals surface area contributed by atoms with E-state index in [0.717, 1.165) is 25.0 Å². The van der Waals surface area contributed by atoms with Crippen LogP contribution in [0.1, 0.15) is 130 Å². The number of allylic oxidation sites excluding steroid dienone is 2. The number of aliphatic carboxylic acids is 1. The molecule has 0 aromatic carbocycles. The standard InChI is InChI=1S/C52H82N4O12/c1-47(24-58)19-30-16-27(11-14-57)15-29-20-52(30,46(65)66)34(21-47)32-8-9-38-49(3,51(29,32)5)12-10-37-48(2,25-59)44(68-45-43(64)42(63)36(60)23-67-45)41(62)33(50(37,38)4)17-28-18-39(61)56-40(28)31(7-6-13-53)35-22-54-26-55-35/h8,22,26-31,33-34,36-38,40-45,57-60,62-64H,6-7,9-21,23-25,53H2,1-5H3,(H,54,55)(H,56,61)(H,65,66). The summed E-state index contributed by atoms with van der Waals surface area (Å²) in [6.45, 7) is 10.9. The molecule has 68 heavy (non-hydrogen) atoms. The van der Waals surface area contributed by atoms with Crippen molar-refractivity contribution in [3.63, 3.8) is 0 Å². The number of imidazole rings is 1. The Bertz CT molecular complexity index is 2040. The van der Waals surface area contributed by atoms with Gasteiger partial charge in [-0.15, -0.1) is 0 Å². The molecule has 2 saturated heterocycles. The van der Waals surface area contributed by atoms with Gasteiger partial charge in [0, 0.05) is 48.9 Å². The Morgan fingerprint density at radius 3 is 2.40 bits per heavy atom. The Hall–Kier alpha value is -2.51. The van der Waals surface area contributed by atoms with Crippen LogP contribution in [-0.4, -0.2) is 139 Å². The Morgan fingerprint density at radius 1 is 0.985 bits per heavy atom. The molecular weight excluding hydrogens is 873 g/mol. The zero-order valence-corrected chi connectivity index (χ0v) is 40.9. The van der Waals surface area contributed by atoms with Gasteiger partial charge in [-0.1, -0.05) is 46.3 Å². The number of aliphatic hydroxyl groups is 7. The summed E-state index contributed by atoms with van der Waals surface area (Å²) in [7, 11) is 0. The van der Waals surface area contributed by atoms with E-state index in [1.807, 2.05) is 6.92 Å². The van der Waals surface area contributed by atoms with Crippen molar-refractivity contribution in [2.24, 2.45) is 85.6 Å². The second-order valence-corrected chi connectivity index (χ2v) is 24.7. The zero-order chi connectivity index (χ0) is 48.9. The van der Waals surface area contributed by atoms with Crippen LogP contribution in [0.4, 0.5) is 0 Å². The van der Waals surface area contributed by atoms with Gasteiger partial charge in [-0.2, -0.15) is 0 Å². The minimum atomic E-state index is -1.62.